The van der Waals surface area contributed by atoms with Gasteiger partial charge in [0.1, 0.15) is 5.25 Å². The number of rotatable bonds is 3. The Labute approximate surface area is 124 Å². The third kappa shape index (κ3) is 3.25. The topological polar surface area (TPSA) is 41.1 Å². The summed E-state index contributed by atoms with van der Waals surface area (Å²) < 4.78 is 0. The highest BCUT2D eigenvalue weighted by Gasteiger charge is 2.27. The van der Waals surface area contributed by atoms with Gasteiger partial charge in [0.2, 0.25) is 5.91 Å². The molecule has 0 spiro atoms. The minimum Gasteiger partial charge on any atom is -0.354 e. The fourth-order valence-corrected chi connectivity index (χ4v) is 3.66. The predicted molar refractivity (Wildman–Crippen MR) is 82.0 cm³/mol. The molecule has 19 heavy (non-hydrogen) atoms. The molecule has 2 aliphatic rings. The van der Waals surface area contributed by atoms with Crippen LogP contribution in [0, 0.1) is 5.92 Å². The van der Waals surface area contributed by atoms with Crippen molar-refractivity contribution in [1.82, 2.24) is 10.6 Å². The maximum atomic E-state index is 12.3. The minimum absolute atomic E-state index is 0. The van der Waals surface area contributed by atoms with Gasteiger partial charge in [-0.3, -0.25) is 4.79 Å². The first-order chi connectivity index (χ1) is 8.84. The molecule has 0 aromatic heterocycles. The molecule has 1 amide bonds. The van der Waals surface area contributed by atoms with E-state index in [2.05, 4.69) is 28.8 Å². The van der Waals surface area contributed by atoms with E-state index in [1.807, 2.05) is 6.07 Å². The number of fused-ring (bicyclic) bond motifs is 1. The maximum absolute atomic E-state index is 12.3. The van der Waals surface area contributed by atoms with Gasteiger partial charge in [-0.1, -0.05) is 24.3 Å². The molecule has 0 aliphatic carbocycles. The summed E-state index contributed by atoms with van der Waals surface area (Å²) in [6.07, 6.45) is 1.08. The van der Waals surface area contributed by atoms with Crippen molar-refractivity contribution in [2.24, 2.45) is 5.92 Å². The summed E-state index contributed by atoms with van der Waals surface area (Å²) in [7, 11) is 0. The van der Waals surface area contributed by atoms with Crippen LogP contribution in [-0.4, -0.2) is 31.3 Å². The number of halogens is 1. The Morgan fingerprint density at radius 3 is 2.89 bits per heavy atom. The lowest BCUT2D eigenvalue weighted by molar-refractivity contribution is -0.120. The van der Waals surface area contributed by atoms with Crippen molar-refractivity contribution < 1.29 is 4.79 Å². The molecule has 104 valence electrons. The highest BCUT2D eigenvalue weighted by molar-refractivity contribution is 8.00. The molecule has 2 heterocycles. The Morgan fingerprint density at radius 1 is 1.37 bits per heavy atom. The summed E-state index contributed by atoms with van der Waals surface area (Å²) in [5.74, 6) is 1.84. The Morgan fingerprint density at radius 2 is 2.16 bits per heavy atom. The molecule has 3 rings (SSSR count). The molecule has 5 heteroatoms. The molecule has 3 nitrogen and oxygen atoms in total. The van der Waals surface area contributed by atoms with Gasteiger partial charge in [-0.05, 0) is 23.3 Å². The number of benzene rings is 1. The highest BCUT2D eigenvalue weighted by Crippen LogP contribution is 2.36. The molecule has 1 aromatic carbocycles. The van der Waals surface area contributed by atoms with Gasteiger partial charge < -0.3 is 10.6 Å². The average molecular weight is 299 g/mol. The van der Waals surface area contributed by atoms with Gasteiger partial charge in [-0.2, -0.15) is 0 Å². The van der Waals surface area contributed by atoms with E-state index in [0.29, 0.717) is 5.92 Å². The summed E-state index contributed by atoms with van der Waals surface area (Å²) >= 11 is 1.76. The van der Waals surface area contributed by atoms with Gasteiger partial charge in [-0.15, -0.1) is 24.2 Å². The number of amides is 1. The predicted octanol–water partition coefficient (Wildman–Crippen LogP) is 1.77. The lowest BCUT2D eigenvalue weighted by atomic mass is 10.0. The fraction of sp³-hybridized carbons (Fsp3) is 0.500. The van der Waals surface area contributed by atoms with Crippen LogP contribution in [0.5, 0.6) is 0 Å². The Hall–Kier alpha value is -0.710. The van der Waals surface area contributed by atoms with Crippen molar-refractivity contribution in [3.05, 3.63) is 35.4 Å². The van der Waals surface area contributed by atoms with E-state index in [1.54, 1.807) is 11.8 Å². The number of thioether (sulfide) groups is 1. The summed E-state index contributed by atoms with van der Waals surface area (Å²) in [6.45, 7) is 2.88. The smallest absolute Gasteiger partial charge is 0.237 e. The zero-order valence-corrected chi connectivity index (χ0v) is 12.4. The second kappa shape index (κ2) is 6.64. The van der Waals surface area contributed by atoms with Gasteiger partial charge in [0.25, 0.3) is 0 Å². The van der Waals surface area contributed by atoms with E-state index < -0.39 is 0 Å². The standard InChI is InChI=1S/C14H18N2OS.ClH/c17-14(16-9-10-7-15-8-10)13-12-4-2-1-3-11(12)5-6-18-13;/h1-4,10,13,15H,5-9H2,(H,16,17);1H. The van der Waals surface area contributed by atoms with Crippen LogP contribution < -0.4 is 10.6 Å². The van der Waals surface area contributed by atoms with Gasteiger partial charge in [0, 0.05) is 25.6 Å². The Bertz CT molecular complexity index is 451. The maximum Gasteiger partial charge on any atom is 0.237 e. The van der Waals surface area contributed by atoms with Crippen LogP contribution >= 0.6 is 24.2 Å². The van der Waals surface area contributed by atoms with Crippen LogP contribution in [0.3, 0.4) is 0 Å². The normalized spacial score (nSPS) is 21.8. The van der Waals surface area contributed by atoms with Crippen LogP contribution in [0.25, 0.3) is 0 Å². The lowest BCUT2D eigenvalue weighted by Gasteiger charge is -2.29. The number of nitrogens with one attached hydrogen (secondary N) is 2. The zero-order chi connectivity index (χ0) is 12.4. The Kier molecular flexibility index (Phi) is 5.13. The van der Waals surface area contributed by atoms with Crippen molar-refractivity contribution in [2.75, 3.05) is 25.4 Å². The third-order valence-corrected chi connectivity index (χ3v) is 4.90. The first-order valence-corrected chi connectivity index (χ1v) is 7.57. The first kappa shape index (κ1) is 14.7. The molecular formula is C14H19ClN2OS. The van der Waals surface area contributed by atoms with E-state index in [0.717, 1.165) is 31.8 Å². The van der Waals surface area contributed by atoms with E-state index in [9.17, 15) is 4.79 Å². The number of carbonyl (C=O) groups is 1. The lowest BCUT2D eigenvalue weighted by Crippen LogP contribution is -2.48. The highest BCUT2D eigenvalue weighted by atomic mass is 35.5. The molecule has 1 fully saturated rings. The molecule has 0 saturated carbocycles. The van der Waals surface area contributed by atoms with Crippen molar-refractivity contribution in [3.8, 4) is 0 Å². The van der Waals surface area contributed by atoms with Crippen molar-refractivity contribution in [2.45, 2.75) is 11.7 Å². The SMILES string of the molecule is Cl.O=C(NCC1CNC1)C1SCCc2ccccc21. The second-order valence-electron chi connectivity index (χ2n) is 4.97. The van der Waals surface area contributed by atoms with Crippen LogP contribution in [0.2, 0.25) is 0 Å². The zero-order valence-electron chi connectivity index (χ0n) is 10.7. The summed E-state index contributed by atoms with van der Waals surface area (Å²) in [4.78, 5) is 12.3. The first-order valence-electron chi connectivity index (χ1n) is 6.52. The molecule has 2 aliphatic heterocycles. The minimum atomic E-state index is -0.0111. The molecule has 1 unspecified atom stereocenters. The van der Waals surface area contributed by atoms with E-state index >= 15 is 0 Å². The summed E-state index contributed by atoms with van der Waals surface area (Å²) in [5, 5.41) is 6.31. The van der Waals surface area contributed by atoms with Gasteiger partial charge in [0.05, 0.1) is 0 Å². The number of carbonyl (C=O) groups excluding carboxylic acids is 1. The molecule has 0 bridgehead atoms. The number of hydrogen-bond donors (Lipinski definition) is 2. The summed E-state index contributed by atoms with van der Waals surface area (Å²) in [6, 6.07) is 8.33. The molecule has 1 saturated heterocycles. The fourth-order valence-electron chi connectivity index (χ4n) is 2.44. The van der Waals surface area contributed by atoms with Crippen molar-refractivity contribution in [3.63, 3.8) is 0 Å². The largest absolute Gasteiger partial charge is 0.354 e. The average Bonchev–Trinajstić information content (AvgIpc) is 2.36. The van der Waals surface area contributed by atoms with E-state index in [-0.39, 0.29) is 23.6 Å². The second-order valence-corrected chi connectivity index (χ2v) is 6.18. The number of aryl methyl sites for hydroxylation is 1. The van der Waals surface area contributed by atoms with Crippen LogP contribution in [0.1, 0.15) is 16.4 Å². The van der Waals surface area contributed by atoms with E-state index in [4.69, 9.17) is 0 Å². The Balaban J connectivity index is 0.00000133. The summed E-state index contributed by atoms with van der Waals surface area (Å²) in [5.41, 5.74) is 2.54. The van der Waals surface area contributed by atoms with Crippen molar-refractivity contribution in [1.29, 1.82) is 0 Å². The van der Waals surface area contributed by atoms with Gasteiger partial charge >= 0.3 is 0 Å². The molecular weight excluding hydrogens is 280 g/mol. The molecule has 1 aromatic rings. The molecule has 0 radical (unpaired) electrons. The van der Waals surface area contributed by atoms with Crippen LogP contribution in [0.15, 0.2) is 24.3 Å². The van der Waals surface area contributed by atoms with Crippen molar-refractivity contribution >= 4 is 30.1 Å². The third-order valence-electron chi connectivity index (χ3n) is 3.66. The number of hydrogen-bond acceptors (Lipinski definition) is 3. The monoisotopic (exact) mass is 298 g/mol. The molecule has 1 atom stereocenters. The van der Waals surface area contributed by atoms with Gasteiger partial charge in [-0.25, -0.2) is 0 Å². The van der Waals surface area contributed by atoms with Crippen LogP contribution in [-0.2, 0) is 11.2 Å². The molecule has 2 N–H and O–H groups in total. The van der Waals surface area contributed by atoms with E-state index in [1.165, 1.54) is 11.1 Å². The van der Waals surface area contributed by atoms with Gasteiger partial charge in [0.15, 0.2) is 0 Å². The quantitative estimate of drug-likeness (QED) is 0.894. The van der Waals surface area contributed by atoms with Crippen LogP contribution in [0.4, 0.5) is 0 Å².